The smallest absolute Gasteiger partial charge is 0.161 e. The average Bonchev–Trinajstić information content (AvgIpc) is 3.22. The number of hydrogen-bond acceptors (Lipinski definition) is 5. The number of unbranched alkanes of at least 4 members (excludes halogenated alkanes) is 1. The fourth-order valence-corrected chi connectivity index (χ4v) is 5.56. The zero-order chi connectivity index (χ0) is 23.4. The van der Waals surface area contributed by atoms with Crippen LogP contribution in [0, 0.1) is 5.82 Å². The Morgan fingerprint density at radius 2 is 2.09 bits per heavy atom. The lowest BCUT2D eigenvalue weighted by Crippen LogP contribution is -2.39. The van der Waals surface area contributed by atoms with E-state index in [1.165, 1.54) is 19.1 Å². The summed E-state index contributed by atoms with van der Waals surface area (Å²) in [5, 5.41) is 8.52. The fourth-order valence-electron chi connectivity index (χ4n) is 4.39. The second kappa shape index (κ2) is 10.8. The summed E-state index contributed by atoms with van der Waals surface area (Å²) < 4.78 is 25.2. The number of Topliss-reactive ketones (excluding diaryl/α,β-unsaturated/α-hetero) is 1. The standard InChI is InChI=1S/C25H29FIN3O3/c1-16(31)17-5-8-22(23(13-17)32-2)33-12-4-3-10-30-11-9-18(14-24(30)27)25-20-7-6-19(26)15-21(20)28-29-25/h5-8,13,15,18,24H,3-4,9-12,14H2,1-2H3,(H,28,29). The van der Waals surface area contributed by atoms with E-state index in [4.69, 9.17) is 9.47 Å². The predicted octanol–water partition coefficient (Wildman–Crippen LogP) is 5.71. The van der Waals surface area contributed by atoms with E-state index >= 15 is 0 Å². The summed E-state index contributed by atoms with van der Waals surface area (Å²) >= 11 is 2.53. The molecule has 176 valence electrons. The molecule has 1 aliphatic heterocycles. The van der Waals surface area contributed by atoms with E-state index in [1.807, 2.05) is 6.07 Å². The number of carbonyl (C=O) groups excluding carboxylic acids is 1. The highest BCUT2D eigenvalue weighted by molar-refractivity contribution is 14.1. The molecular weight excluding hydrogens is 536 g/mol. The van der Waals surface area contributed by atoms with E-state index < -0.39 is 0 Å². The number of likely N-dealkylation sites (tertiary alicyclic amines) is 1. The fraction of sp³-hybridized carbons (Fsp3) is 0.440. The average molecular weight is 565 g/mol. The van der Waals surface area contributed by atoms with Crippen molar-refractivity contribution in [3.63, 3.8) is 0 Å². The maximum atomic E-state index is 13.5. The van der Waals surface area contributed by atoms with Crippen LogP contribution in [0.1, 0.15) is 54.6 Å². The zero-order valence-electron chi connectivity index (χ0n) is 18.9. The number of aromatic amines is 1. The number of aromatic nitrogens is 2. The van der Waals surface area contributed by atoms with Crippen LogP contribution >= 0.6 is 22.6 Å². The number of methoxy groups -OCH3 is 1. The van der Waals surface area contributed by atoms with Crippen molar-refractivity contribution in [2.45, 2.75) is 42.6 Å². The van der Waals surface area contributed by atoms with Crippen LogP contribution in [0.25, 0.3) is 10.9 Å². The van der Waals surface area contributed by atoms with E-state index in [-0.39, 0.29) is 11.6 Å². The number of hydrogen-bond donors (Lipinski definition) is 1. The molecule has 2 unspecified atom stereocenters. The number of fused-ring (bicyclic) bond motifs is 1. The lowest BCUT2D eigenvalue weighted by Gasteiger charge is -2.36. The Balaban J connectivity index is 1.23. The third kappa shape index (κ3) is 5.66. The van der Waals surface area contributed by atoms with Gasteiger partial charge in [0, 0.05) is 16.9 Å². The Bertz CT molecular complexity index is 1120. The summed E-state index contributed by atoms with van der Waals surface area (Å²) in [5.41, 5.74) is 2.44. The maximum Gasteiger partial charge on any atom is 0.161 e. The second-order valence-electron chi connectivity index (χ2n) is 8.47. The van der Waals surface area contributed by atoms with Crippen LogP contribution in [0.5, 0.6) is 11.5 Å². The number of ketones is 1. The number of H-pyrrole nitrogens is 1. The lowest BCUT2D eigenvalue weighted by molar-refractivity contribution is 0.101. The molecule has 2 atom stereocenters. The van der Waals surface area contributed by atoms with E-state index in [0.29, 0.717) is 33.6 Å². The summed E-state index contributed by atoms with van der Waals surface area (Å²) in [4.78, 5) is 14.1. The molecule has 6 nitrogen and oxygen atoms in total. The van der Waals surface area contributed by atoms with Crippen molar-refractivity contribution >= 4 is 39.3 Å². The molecule has 0 radical (unpaired) electrons. The van der Waals surface area contributed by atoms with Gasteiger partial charge in [-0.05, 0) is 82.1 Å². The minimum atomic E-state index is -0.241. The second-order valence-corrected chi connectivity index (χ2v) is 9.91. The number of benzene rings is 2. The van der Waals surface area contributed by atoms with Crippen molar-refractivity contribution in [2.75, 3.05) is 26.8 Å². The van der Waals surface area contributed by atoms with E-state index in [2.05, 4.69) is 37.7 Å². The van der Waals surface area contributed by atoms with E-state index in [1.54, 1.807) is 25.3 Å². The van der Waals surface area contributed by atoms with Crippen LogP contribution in [0.3, 0.4) is 0 Å². The van der Waals surface area contributed by atoms with Crippen LogP contribution in [0.15, 0.2) is 36.4 Å². The van der Waals surface area contributed by atoms with Gasteiger partial charge in [-0.15, -0.1) is 0 Å². The topological polar surface area (TPSA) is 67.5 Å². The van der Waals surface area contributed by atoms with Crippen molar-refractivity contribution in [1.29, 1.82) is 0 Å². The molecule has 1 saturated heterocycles. The Hall–Kier alpha value is -2.20. The molecule has 8 heteroatoms. The van der Waals surface area contributed by atoms with Gasteiger partial charge in [0.25, 0.3) is 0 Å². The molecular formula is C25H29FIN3O3. The van der Waals surface area contributed by atoms with E-state index in [9.17, 15) is 9.18 Å². The van der Waals surface area contributed by atoms with Crippen molar-refractivity contribution in [3.8, 4) is 11.5 Å². The summed E-state index contributed by atoms with van der Waals surface area (Å²) in [6, 6.07) is 10.1. The molecule has 1 N–H and O–H groups in total. The molecule has 3 aromatic rings. The highest BCUT2D eigenvalue weighted by atomic mass is 127. The first-order chi connectivity index (χ1) is 16.0. The molecule has 0 amide bonds. The molecule has 1 fully saturated rings. The number of nitrogens with one attached hydrogen (secondary N) is 1. The van der Waals surface area contributed by atoms with Gasteiger partial charge in [0.15, 0.2) is 17.3 Å². The first-order valence-electron chi connectivity index (χ1n) is 11.3. The molecule has 0 aliphatic carbocycles. The van der Waals surface area contributed by atoms with Gasteiger partial charge in [-0.3, -0.25) is 14.8 Å². The molecule has 0 bridgehead atoms. The normalized spacial score (nSPS) is 19.0. The first-order valence-corrected chi connectivity index (χ1v) is 12.5. The van der Waals surface area contributed by atoms with Crippen LogP contribution in [-0.2, 0) is 0 Å². The van der Waals surface area contributed by atoms with Crippen LogP contribution in [-0.4, -0.2) is 51.7 Å². The Morgan fingerprint density at radius 3 is 2.85 bits per heavy atom. The minimum absolute atomic E-state index is 0.00588. The minimum Gasteiger partial charge on any atom is -0.493 e. The first kappa shape index (κ1) is 23.9. The van der Waals surface area contributed by atoms with Crippen molar-refractivity contribution < 1.29 is 18.7 Å². The number of carbonyl (C=O) groups is 1. The van der Waals surface area contributed by atoms with Crippen molar-refractivity contribution in [2.24, 2.45) is 0 Å². The zero-order valence-corrected chi connectivity index (χ0v) is 21.1. The van der Waals surface area contributed by atoms with Crippen LogP contribution < -0.4 is 9.47 Å². The van der Waals surface area contributed by atoms with Gasteiger partial charge in [-0.25, -0.2) is 4.39 Å². The Kier molecular flexibility index (Phi) is 7.85. The molecule has 1 aliphatic rings. The Labute approximate surface area is 207 Å². The van der Waals surface area contributed by atoms with Crippen LogP contribution in [0.2, 0.25) is 0 Å². The largest absolute Gasteiger partial charge is 0.493 e. The SMILES string of the molecule is COc1cc(C(C)=O)ccc1OCCCCN1CCC(c2n[nH]c3cc(F)ccc23)CC1I. The number of piperidine rings is 1. The van der Waals surface area contributed by atoms with Gasteiger partial charge in [0.1, 0.15) is 5.82 Å². The number of ether oxygens (including phenoxy) is 2. The molecule has 4 rings (SSSR count). The van der Waals surface area contributed by atoms with E-state index in [0.717, 1.165) is 55.4 Å². The van der Waals surface area contributed by atoms with Gasteiger partial charge < -0.3 is 9.47 Å². The lowest BCUT2D eigenvalue weighted by atomic mass is 9.91. The highest BCUT2D eigenvalue weighted by Crippen LogP contribution is 2.36. The van der Waals surface area contributed by atoms with Gasteiger partial charge in [0.05, 0.1) is 29.0 Å². The Morgan fingerprint density at radius 1 is 1.24 bits per heavy atom. The molecule has 1 aromatic heterocycles. The van der Waals surface area contributed by atoms with Crippen LogP contribution in [0.4, 0.5) is 4.39 Å². The summed E-state index contributed by atoms with van der Waals surface area (Å²) in [7, 11) is 1.58. The van der Waals surface area contributed by atoms with Gasteiger partial charge in [-0.2, -0.15) is 5.10 Å². The highest BCUT2D eigenvalue weighted by Gasteiger charge is 2.29. The summed E-state index contributed by atoms with van der Waals surface area (Å²) in [5.74, 6) is 1.41. The molecule has 33 heavy (non-hydrogen) atoms. The maximum absolute atomic E-state index is 13.5. The van der Waals surface area contributed by atoms with Gasteiger partial charge in [-0.1, -0.05) is 22.6 Å². The number of halogens is 2. The third-order valence-electron chi connectivity index (χ3n) is 6.25. The molecule has 2 aromatic carbocycles. The molecule has 2 heterocycles. The van der Waals surface area contributed by atoms with Crippen molar-refractivity contribution in [3.05, 3.63) is 53.5 Å². The summed E-state index contributed by atoms with van der Waals surface area (Å²) in [6.45, 7) is 4.19. The number of rotatable bonds is 9. The van der Waals surface area contributed by atoms with Gasteiger partial charge in [0.2, 0.25) is 0 Å². The molecule has 0 spiro atoms. The number of nitrogens with zero attached hydrogens (tertiary/aromatic N) is 2. The third-order valence-corrected chi connectivity index (χ3v) is 7.54. The number of alkyl halides is 1. The van der Waals surface area contributed by atoms with Crippen molar-refractivity contribution in [1.82, 2.24) is 15.1 Å². The van der Waals surface area contributed by atoms with Gasteiger partial charge >= 0.3 is 0 Å². The summed E-state index contributed by atoms with van der Waals surface area (Å²) in [6.07, 6.45) is 4.07. The quantitative estimate of drug-likeness (QED) is 0.118. The monoisotopic (exact) mass is 565 g/mol. The molecule has 0 saturated carbocycles. The predicted molar refractivity (Wildman–Crippen MR) is 135 cm³/mol.